The van der Waals surface area contributed by atoms with Gasteiger partial charge in [0.2, 0.25) is 0 Å². The van der Waals surface area contributed by atoms with Crippen molar-refractivity contribution >= 4 is 0 Å². The van der Waals surface area contributed by atoms with Gasteiger partial charge in [0.1, 0.15) is 12.4 Å². The lowest BCUT2D eigenvalue weighted by Crippen LogP contribution is -2.00. The highest BCUT2D eigenvalue weighted by Crippen LogP contribution is 2.17. The normalized spacial score (nSPS) is 14.1. The van der Waals surface area contributed by atoms with Crippen molar-refractivity contribution in [3.63, 3.8) is 0 Å². The second kappa shape index (κ2) is 9.44. The first kappa shape index (κ1) is 17.6. The molecule has 0 saturated carbocycles. The summed E-state index contributed by atoms with van der Waals surface area (Å²) in [6.45, 7) is 11.7. The molecule has 0 amide bonds. The minimum atomic E-state index is 0.581. The first-order valence-corrected chi connectivity index (χ1v) is 8.10. The average molecular weight is 286 g/mol. The van der Waals surface area contributed by atoms with Crippen LogP contribution in [0, 0.1) is 5.92 Å². The fourth-order valence-electron chi connectivity index (χ4n) is 2.00. The van der Waals surface area contributed by atoms with Gasteiger partial charge in [-0.3, -0.25) is 0 Å². The Balaban J connectivity index is 2.43. The van der Waals surface area contributed by atoms with E-state index in [-0.39, 0.29) is 0 Å². The van der Waals surface area contributed by atoms with E-state index < -0.39 is 0 Å². The van der Waals surface area contributed by atoms with Crippen LogP contribution in [0.15, 0.2) is 47.6 Å². The molecule has 1 unspecified atom stereocenters. The summed E-state index contributed by atoms with van der Waals surface area (Å²) in [6, 6.07) is 8.37. The molecule has 0 aliphatic heterocycles. The molecule has 1 aromatic carbocycles. The van der Waals surface area contributed by atoms with Crippen LogP contribution in [0.5, 0.6) is 5.75 Å². The average Bonchev–Trinajstić information content (AvgIpc) is 2.52. The fraction of sp³-hybridized carbons (Fsp3) is 0.500. The zero-order valence-electron chi connectivity index (χ0n) is 14.3. The summed E-state index contributed by atoms with van der Waals surface area (Å²) in [6.07, 6.45) is 7.89. The smallest absolute Gasteiger partial charge is 0.119 e. The Hall–Kier alpha value is -1.50. The zero-order chi connectivity index (χ0) is 15.7. The van der Waals surface area contributed by atoms with E-state index >= 15 is 0 Å². The molecule has 0 fully saturated rings. The maximum absolute atomic E-state index is 5.78. The van der Waals surface area contributed by atoms with Gasteiger partial charge in [0, 0.05) is 0 Å². The third kappa shape index (κ3) is 6.66. The Morgan fingerprint density at radius 2 is 1.76 bits per heavy atom. The molecule has 0 aliphatic carbocycles. The molecule has 0 bridgehead atoms. The first-order valence-electron chi connectivity index (χ1n) is 8.10. The van der Waals surface area contributed by atoms with Gasteiger partial charge < -0.3 is 4.74 Å². The molecule has 1 aromatic rings. The van der Waals surface area contributed by atoms with Crippen molar-refractivity contribution in [3.05, 3.63) is 53.1 Å². The molecule has 1 nitrogen and oxygen atoms in total. The van der Waals surface area contributed by atoms with E-state index in [1.165, 1.54) is 16.7 Å². The van der Waals surface area contributed by atoms with Crippen LogP contribution in [0.25, 0.3) is 0 Å². The van der Waals surface area contributed by atoms with E-state index in [9.17, 15) is 0 Å². The number of hydrogen-bond acceptors (Lipinski definition) is 1. The van der Waals surface area contributed by atoms with Crippen molar-refractivity contribution in [2.45, 2.75) is 53.9 Å². The number of rotatable bonds is 8. The van der Waals surface area contributed by atoms with Crippen molar-refractivity contribution in [1.29, 1.82) is 0 Å². The van der Waals surface area contributed by atoms with Crippen LogP contribution in [0.2, 0.25) is 0 Å². The third-order valence-corrected chi connectivity index (χ3v) is 4.14. The summed E-state index contributed by atoms with van der Waals surface area (Å²) in [5.74, 6) is 1.53. The molecule has 0 spiro atoms. The van der Waals surface area contributed by atoms with Crippen molar-refractivity contribution in [2.75, 3.05) is 6.61 Å². The molecule has 0 heterocycles. The molecule has 0 radical (unpaired) electrons. The topological polar surface area (TPSA) is 9.23 Å². The molecule has 21 heavy (non-hydrogen) atoms. The Morgan fingerprint density at radius 3 is 2.33 bits per heavy atom. The lowest BCUT2D eigenvalue weighted by molar-refractivity contribution is 0.360. The standard InChI is InChI=1S/C20H30O/c1-6-16(3)8-9-17(4)18(5)14-15-21-20-12-10-19(7-2)11-13-20/h8,10-14,17H,6-7,9,15H2,1-5H3/b16-8+,18-14+. The van der Waals surface area contributed by atoms with Gasteiger partial charge in [-0.15, -0.1) is 0 Å². The predicted molar refractivity (Wildman–Crippen MR) is 92.9 cm³/mol. The summed E-state index contributed by atoms with van der Waals surface area (Å²) in [7, 11) is 0. The summed E-state index contributed by atoms with van der Waals surface area (Å²) in [5.41, 5.74) is 4.23. The molecule has 116 valence electrons. The van der Waals surface area contributed by atoms with Gasteiger partial charge in [0.25, 0.3) is 0 Å². The van der Waals surface area contributed by atoms with Crippen LogP contribution in [0.4, 0.5) is 0 Å². The predicted octanol–water partition coefficient (Wildman–Crippen LogP) is 5.96. The second-order valence-corrected chi connectivity index (χ2v) is 5.80. The maximum atomic E-state index is 5.78. The highest BCUT2D eigenvalue weighted by Gasteiger charge is 2.02. The lowest BCUT2D eigenvalue weighted by atomic mass is 9.97. The van der Waals surface area contributed by atoms with E-state index in [0.29, 0.717) is 12.5 Å². The number of aryl methyl sites for hydroxylation is 1. The van der Waals surface area contributed by atoms with Crippen LogP contribution in [-0.2, 0) is 6.42 Å². The molecule has 1 heteroatoms. The Kier molecular flexibility index (Phi) is 7.89. The van der Waals surface area contributed by atoms with Crippen LogP contribution >= 0.6 is 0 Å². The molecule has 0 aliphatic rings. The van der Waals surface area contributed by atoms with Gasteiger partial charge >= 0.3 is 0 Å². The zero-order valence-corrected chi connectivity index (χ0v) is 14.3. The Bertz CT molecular complexity index is 465. The van der Waals surface area contributed by atoms with E-state index in [1.54, 1.807) is 0 Å². The third-order valence-electron chi connectivity index (χ3n) is 4.14. The van der Waals surface area contributed by atoms with Crippen molar-refractivity contribution in [2.24, 2.45) is 5.92 Å². The summed E-state index contributed by atoms with van der Waals surface area (Å²) in [4.78, 5) is 0. The number of hydrogen-bond donors (Lipinski definition) is 0. The van der Waals surface area contributed by atoms with E-state index in [1.807, 2.05) is 0 Å². The summed E-state index contributed by atoms with van der Waals surface area (Å²) >= 11 is 0. The minimum absolute atomic E-state index is 0.581. The van der Waals surface area contributed by atoms with Crippen LogP contribution in [-0.4, -0.2) is 6.61 Å². The van der Waals surface area contributed by atoms with Gasteiger partial charge in [0.15, 0.2) is 0 Å². The molecule has 0 aromatic heterocycles. The fourth-order valence-corrected chi connectivity index (χ4v) is 2.00. The van der Waals surface area contributed by atoms with Crippen molar-refractivity contribution < 1.29 is 4.74 Å². The highest BCUT2D eigenvalue weighted by molar-refractivity contribution is 5.27. The van der Waals surface area contributed by atoms with Gasteiger partial charge in [-0.05, 0) is 62.8 Å². The van der Waals surface area contributed by atoms with Gasteiger partial charge in [-0.25, -0.2) is 0 Å². The van der Waals surface area contributed by atoms with Gasteiger partial charge in [0.05, 0.1) is 0 Å². The van der Waals surface area contributed by atoms with Crippen molar-refractivity contribution in [1.82, 2.24) is 0 Å². The summed E-state index contributed by atoms with van der Waals surface area (Å²) < 4.78 is 5.78. The Morgan fingerprint density at radius 1 is 1.10 bits per heavy atom. The maximum Gasteiger partial charge on any atom is 0.119 e. The number of allylic oxidation sites excluding steroid dienone is 3. The van der Waals surface area contributed by atoms with E-state index in [0.717, 1.165) is 25.0 Å². The quantitative estimate of drug-likeness (QED) is 0.536. The molecular formula is C20H30O. The minimum Gasteiger partial charge on any atom is -0.490 e. The molecule has 0 N–H and O–H groups in total. The van der Waals surface area contributed by atoms with Crippen LogP contribution in [0.1, 0.15) is 53.0 Å². The van der Waals surface area contributed by atoms with Gasteiger partial charge in [-0.2, -0.15) is 0 Å². The molecule has 1 rings (SSSR count). The van der Waals surface area contributed by atoms with Crippen LogP contribution < -0.4 is 4.74 Å². The highest BCUT2D eigenvalue weighted by atomic mass is 16.5. The van der Waals surface area contributed by atoms with Crippen molar-refractivity contribution in [3.8, 4) is 5.75 Å². The molecule has 0 saturated heterocycles. The molecular weight excluding hydrogens is 256 g/mol. The number of ether oxygens (including phenoxy) is 1. The SMILES string of the molecule is CC/C(C)=C/CC(C)/C(C)=C/COc1ccc(CC)cc1. The second-order valence-electron chi connectivity index (χ2n) is 5.80. The van der Waals surface area contributed by atoms with Gasteiger partial charge in [-0.1, -0.05) is 50.1 Å². The summed E-state index contributed by atoms with van der Waals surface area (Å²) in [5, 5.41) is 0. The molecule has 1 atom stereocenters. The Labute approximate surface area is 130 Å². The lowest BCUT2D eigenvalue weighted by Gasteiger charge is -2.11. The number of benzene rings is 1. The van der Waals surface area contributed by atoms with E-state index in [4.69, 9.17) is 4.74 Å². The monoisotopic (exact) mass is 286 g/mol. The largest absolute Gasteiger partial charge is 0.490 e. The first-order chi connectivity index (χ1) is 10.1. The van der Waals surface area contributed by atoms with Crippen LogP contribution in [0.3, 0.4) is 0 Å². The van der Waals surface area contributed by atoms with E-state index in [2.05, 4.69) is 71.0 Å².